The van der Waals surface area contributed by atoms with Crippen LogP contribution in [0.15, 0.2) is 18.2 Å². The highest BCUT2D eigenvalue weighted by Gasteiger charge is 2.27. The van der Waals surface area contributed by atoms with Gasteiger partial charge in [-0.25, -0.2) is 9.59 Å². The summed E-state index contributed by atoms with van der Waals surface area (Å²) in [7, 11) is 0. The predicted octanol–water partition coefficient (Wildman–Crippen LogP) is 2.38. The molecule has 1 rings (SSSR count). The van der Waals surface area contributed by atoms with Crippen molar-refractivity contribution in [2.45, 2.75) is 13.1 Å². The third-order valence-corrected chi connectivity index (χ3v) is 2.17. The Kier molecular flexibility index (Phi) is 4.36. The minimum atomic E-state index is -4.49. The van der Waals surface area contributed by atoms with Crippen LogP contribution in [0.25, 0.3) is 0 Å². The highest BCUT2D eigenvalue weighted by atomic mass is 19.4. The minimum Gasteiger partial charge on any atom is -0.478 e. The van der Waals surface area contributed by atoms with E-state index in [1.807, 2.05) is 0 Å². The molecule has 2 amide bonds. The van der Waals surface area contributed by atoms with Gasteiger partial charge >= 0.3 is 18.2 Å². The first kappa shape index (κ1) is 14.8. The molecule has 0 aliphatic heterocycles. The number of amides is 2. The molecule has 0 atom stereocenters. The molecule has 0 spiro atoms. The van der Waals surface area contributed by atoms with Crippen LogP contribution in [0.2, 0.25) is 0 Å². The number of alkyl halides is 3. The first-order valence-electron chi connectivity index (χ1n) is 5.14. The van der Waals surface area contributed by atoms with Crippen molar-refractivity contribution in [2.24, 2.45) is 0 Å². The third-order valence-electron chi connectivity index (χ3n) is 2.17. The molecule has 1 aromatic carbocycles. The molecule has 104 valence electrons. The maximum absolute atomic E-state index is 11.9. The van der Waals surface area contributed by atoms with Crippen molar-refractivity contribution in [3.8, 4) is 0 Å². The number of carboxylic acid groups (broad SMARTS) is 1. The number of carbonyl (C=O) groups is 2. The molecule has 0 aliphatic rings. The molecule has 8 heteroatoms. The van der Waals surface area contributed by atoms with Gasteiger partial charge in [0.05, 0.1) is 5.56 Å². The molecule has 0 aromatic heterocycles. The largest absolute Gasteiger partial charge is 0.478 e. The van der Waals surface area contributed by atoms with Crippen LogP contribution in [0.1, 0.15) is 15.9 Å². The monoisotopic (exact) mass is 276 g/mol. The molecule has 0 saturated carbocycles. The topological polar surface area (TPSA) is 78.4 Å². The molecular weight excluding hydrogens is 265 g/mol. The Morgan fingerprint density at radius 1 is 1.32 bits per heavy atom. The summed E-state index contributed by atoms with van der Waals surface area (Å²) in [4.78, 5) is 21.9. The van der Waals surface area contributed by atoms with Crippen molar-refractivity contribution in [1.82, 2.24) is 5.32 Å². The number of benzene rings is 1. The number of urea groups is 1. The number of anilines is 1. The summed E-state index contributed by atoms with van der Waals surface area (Å²) in [6.07, 6.45) is -4.49. The lowest BCUT2D eigenvalue weighted by Gasteiger charge is -2.11. The van der Waals surface area contributed by atoms with E-state index in [0.717, 1.165) is 0 Å². The van der Waals surface area contributed by atoms with E-state index >= 15 is 0 Å². The van der Waals surface area contributed by atoms with Crippen molar-refractivity contribution in [1.29, 1.82) is 0 Å². The summed E-state index contributed by atoms with van der Waals surface area (Å²) < 4.78 is 35.6. The quantitative estimate of drug-likeness (QED) is 0.793. The van der Waals surface area contributed by atoms with Crippen molar-refractivity contribution in [2.75, 3.05) is 11.9 Å². The molecule has 19 heavy (non-hydrogen) atoms. The van der Waals surface area contributed by atoms with Crippen LogP contribution in [0, 0.1) is 6.92 Å². The fourth-order valence-corrected chi connectivity index (χ4v) is 1.28. The van der Waals surface area contributed by atoms with E-state index in [-0.39, 0.29) is 11.3 Å². The molecule has 0 aliphatic carbocycles. The number of aromatic carboxylic acids is 1. The lowest BCUT2D eigenvalue weighted by atomic mass is 10.1. The van der Waals surface area contributed by atoms with Crippen LogP contribution in [0.5, 0.6) is 0 Å². The number of carboxylic acids is 1. The van der Waals surface area contributed by atoms with Crippen molar-refractivity contribution < 1.29 is 27.9 Å². The standard InChI is InChI=1S/C11H11F3N2O3/c1-6-4-7(9(17)18)2-3-8(6)16-10(19)15-5-11(12,13)14/h2-4H,5H2,1H3,(H,17,18)(H2,15,16,19). The molecule has 5 nitrogen and oxygen atoms in total. The highest BCUT2D eigenvalue weighted by molar-refractivity contribution is 5.92. The molecule has 3 N–H and O–H groups in total. The number of hydrogen-bond acceptors (Lipinski definition) is 2. The Balaban J connectivity index is 2.67. The predicted molar refractivity (Wildman–Crippen MR) is 61.2 cm³/mol. The van der Waals surface area contributed by atoms with E-state index in [1.54, 1.807) is 5.32 Å². The summed E-state index contributed by atoms with van der Waals surface area (Å²) in [6.45, 7) is 0.0941. The van der Waals surface area contributed by atoms with Gasteiger partial charge in [-0.15, -0.1) is 0 Å². The van der Waals surface area contributed by atoms with Crippen LogP contribution in [0.3, 0.4) is 0 Å². The molecule has 1 aromatic rings. The Hall–Kier alpha value is -2.25. The van der Waals surface area contributed by atoms with E-state index in [9.17, 15) is 22.8 Å². The number of rotatable bonds is 3. The maximum atomic E-state index is 11.9. The first-order chi connectivity index (χ1) is 8.69. The van der Waals surface area contributed by atoms with Crippen LogP contribution in [-0.4, -0.2) is 29.8 Å². The van der Waals surface area contributed by atoms with Gasteiger partial charge in [0.15, 0.2) is 0 Å². The van der Waals surface area contributed by atoms with Gasteiger partial charge in [-0.1, -0.05) is 0 Å². The SMILES string of the molecule is Cc1cc(C(=O)O)ccc1NC(=O)NCC(F)(F)F. The van der Waals surface area contributed by atoms with Crippen molar-refractivity contribution in [3.63, 3.8) is 0 Å². The lowest BCUT2D eigenvalue weighted by Crippen LogP contribution is -2.36. The Morgan fingerprint density at radius 2 is 1.95 bits per heavy atom. The number of aryl methyl sites for hydroxylation is 1. The molecule has 0 saturated heterocycles. The van der Waals surface area contributed by atoms with Crippen molar-refractivity contribution in [3.05, 3.63) is 29.3 Å². The van der Waals surface area contributed by atoms with E-state index in [4.69, 9.17) is 5.11 Å². The average Bonchev–Trinajstić information content (AvgIpc) is 2.28. The van der Waals surface area contributed by atoms with Gasteiger partial charge < -0.3 is 15.7 Å². The lowest BCUT2D eigenvalue weighted by molar-refractivity contribution is -0.122. The minimum absolute atomic E-state index is 0.0266. The molecular formula is C11H11F3N2O3. The molecule has 0 unspecified atom stereocenters. The van der Waals surface area contributed by atoms with E-state index in [2.05, 4.69) is 5.32 Å². The zero-order chi connectivity index (χ0) is 14.6. The van der Waals surface area contributed by atoms with E-state index in [1.165, 1.54) is 25.1 Å². The summed E-state index contributed by atoms with van der Waals surface area (Å²) in [5.74, 6) is -1.13. The first-order valence-corrected chi connectivity index (χ1v) is 5.14. The van der Waals surface area contributed by atoms with E-state index in [0.29, 0.717) is 5.56 Å². The highest BCUT2D eigenvalue weighted by Crippen LogP contribution is 2.17. The van der Waals surface area contributed by atoms with E-state index < -0.39 is 24.7 Å². The summed E-state index contributed by atoms with van der Waals surface area (Å²) in [6, 6.07) is 2.85. The van der Waals surface area contributed by atoms with Gasteiger partial charge in [0.2, 0.25) is 0 Å². The second-order valence-corrected chi connectivity index (χ2v) is 3.76. The van der Waals surface area contributed by atoms with Crippen LogP contribution in [-0.2, 0) is 0 Å². The summed E-state index contributed by atoms with van der Waals surface area (Å²) in [5.41, 5.74) is 0.700. The van der Waals surface area contributed by atoms with Gasteiger partial charge in [0.1, 0.15) is 6.54 Å². The second kappa shape index (κ2) is 5.59. The zero-order valence-electron chi connectivity index (χ0n) is 9.84. The fourth-order valence-electron chi connectivity index (χ4n) is 1.28. The molecule has 0 fully saturated rings. The molecule has 0 heterocycles. The van der Waals surface area contributed by atoms with Crippen LogP contribution < -0.4 is 10.6 Å². The van der Waals surface area contributed by atoms with Crippen LogP contribution >= 0.6 is 0 Å². The van der Waals surface area contributed by atoms with Gasteiger partial charge in [-0.3, -0.25) is 0 Å². The third kappa shape index (κ3) is 4.86. The second-order valence-electron chi connectivity index (χ2n) is 3.76. The average molecular weight is 276 g/mol. The maximum Gasteiger partial charge on any atom is 0.405 e. The van der Waals surface area contributed by atoms with Gasteiger partial charge in [-0.2, -0.15) is 13.2 Å². The van der Waals surface area contributed by atoms with Gasteiger partial charge in [-0.05, 0) is 30.7 Å². The number of halogens is 3. The summed E-state index contributed by atoms with van der Waals surface area (Å²) >= 11 is 0. The van der Waals surface area contributed by atoms with Crippen molar-refractivity contribution >= 4 is 17.7 Å². The Bertz CT molecular complexity index is 500. The number of hydrogen-bond donors (Lipinski definition) is 3. The smallest absolute Gasteiger partial charge is 0.405 e. The van der Waals surface area contributed by atoms with Gasteiger partial charge in [0.25, 0.3) is 0 Å². The number of carbonyl (C=O) groups excluding carboxylic acids is 1. The fraction of sp³-hybridized carbons (Fsp3) is 0.273. The molecule has 0 bridgehead atoms. The Morgan fingerprint density at radius 3 is 2.42 bits per heavy atom. The normalized spacial score (nSPS) is 10.9. The Labute approximate surface area is 106 Å². The zero-order valence-corrected chi connectivity index (χ0v) is 9.84. The number of nitrogens with one attached hydrogen (secondary N) is 2. The van der Waals surface area contributed by atoms with Gasteiger partial charge in [0, 0.05) is 5.69 Å². The summed E-state index contributed by atoms with van der Waals surface area (Å²) in [5, 5.41) is 12.6. The van der Waals surface area contributed by atoms with Crippen LogP contribution in [0.4, 0.5) is 23.7 Å². The molecule has 0 radical (unpaired) electrons.